The number of likely N-dealkylation sites (N-methyl/N-ethyl adjacent to an activating group) is 1. The van der Waals surface area contributed by atoms with Crippen molar-refractivity contribution >= 4 is 17.3 Å². The minimum Gasteiger partial charge on any atom is -0.488 e. The molecule has 2 aromatic carbocycles. The van der Waals surface area contributed by atoms with Crippen LogP contribution in [0.5, 0.6) is 5.75 Å². The number of alkyl halides is 7. The van der Waals surface area contributed by atoms with Crippen molar-refractivity contribution in [3.05, 3.63) is 54.1 Å². The fraction of sp³-hybridized carbons (Fsp3) is 0.519. The predicted octanol–water partition coefficient (Wildman–Crippen LogP) is 7.59. The van der Waals surface area contributed by atoms with Gasteiger partial charge in [0.25, 0.3) is 0 Å². The number of benzene rings is 2. The van der Waals surface area contributed by atoms with Crippen molar-refractivity contribution in [2.24, 2.45) is 10.2 Å². The fourth-order valence-corrected chi connectivity index (χ4v) is 3.45. The lowest BCUT2D eigenvalue weighted by Gasteiger charge is -2.31. The van der Waals surface area contributed by atoms with Crippen LogP contribution in [0, 0.1) is 0 Å². The molecule has 6 nitrogen and oxygen atoms in total. The van der Waals surface area contributed by atoms with E-state index in [0.717, 1.165) is 18.5 Å². The van der Waals surface area contributed by atoms with Crippen LogP contribution in [0.3, 0.4) is 0 Å². The highest BCUT2D eigenvalue weighted by atomic mass is 19.4. The van der Waals surface area contributed by atoms with Crippen LogP contribution >= 0.6 is 0 Å². The Labute approximate surface area is 228 Å². The molecule has 0 spiro atoms. The van der Waals surface area contributed by atoms with E-state index < -0.39 is 30.5 Å². The van der Waals surface area contributed by atoms with Crippen molar-refractivity contribution in [2.75, 3.05) is 33.8 Å². The van der Waals surface area contributed by atoms with Gasteiger partial charge in [-0.3, -0.25) is 10.1 Å². The molecule has 0 aliphatic carbocycles. The smallest absolute Gasteiger partial charge is 0.462 e. The van der Waals surface area contributed by atoms with E-state index in [-0.39, 0.29) is 24.2 Å². The van der Waals surface area contributed by atoms with Crippen LogP contribution < -0.4 is 10.1 Å². The van der Waals surface area contributed by atoms with E-state index in [1.54, 1.807) is 38.4 Å². The van der Waals surface area contributed by atoms with Crippen molar-refractivity contribution in [3.8, 4) is 5.75 Å². The van der Waals surface area contributed by atoms with Gasteiger partial charge >= 0.3 is 18.1 Å². The molecule has 222 valence electrons. The van der Waals surface area contributed by atoms with Gasteiger partial charge in [0.15, 0.2) is 0 Å². The first kappa shape index (κ1) is 33.0. The van der Waals surface area contributed by atoms with Crippen LogP contribution in [0.25, 0.3) is 0 Å². The number of hydrogen-bond donors (Lipinski definition) is 1. The summed E-state index contributed by atoms with van der Waals surface area (Å²) in [6, 6.07) is 8.91. The van der Waals surface area contributed by atoms with Gasteiger partial charge in [-0.2, -0.15) is 41.0 Å². The average molecular weight is 580 g/mol. The number of halogens is 7. The largest absolute Gasteiger partial charge is 0.488 e. The molecule has 0 saturated heterocycles. The number of rotatable bonds is 15. The van der Waals surface area contributed by atoms with Crippen LogP contribution in [0.15, 0.2) is 58.8 Å². The molecule has 0 fully saturated rings. The molecule has 0 radical (unpaired) electrons. The minimum atomic E-state index is -6.52. The molecule has 2 rings (SSSR count). The third kappa shape index (κ3) is 10.1. The van der Waals surface area contributed by atoms with E-state index in [2.05, 4.69) is 17.2 Å². The Morgan fingerprint density at radius 1 is 0.850 bits per heavy atom. The molecular weight excluding hydrogens is 545 g/mol. The summed E-state index contributed by atoms with van der Waals surface area (Å²) in [6.45, 7) is 2.50. The summed E-state index contributed by atoms with van der Waals surface area (Å²) in [5, 5.41) is 8.92. The molecule has 0 bridgehead atoms. The maximum absolute atomic E-state index is 13.3. The Morgan fingerprint density at radius 2 is 1.40 bits per heavy atom. The lowest BCUT2D eigenvalue weighted by atomic mass is 10.1. The van der Waals surface area contributed by atoms with Crippen LogP contribution in [-0.2, 0) is 11.2 Å². The standard InChI is InChI=1S/C27H33F7N4O2/c1-4-5-6-7-20-8-10-21(11-9-20)36-37-22-12-14-23(15-13-22)40-19-18-38(2,3)17-16-24(39)35-27(33,34)25(28,29)26(30,31)32/h8-15H,4-7,16-19H2,1-3H3/p+1. The Balaban J connectivity index is 1.78. The summed E-state index contributed by atoms with van der Waals surface area (Å²) >= 11 is 0. The van der Waals surface area contributed by atoms with E-state index in [1.807, 2.05) is 24.3 Å². The molecule has 40 heavy (non-hydrogen) atoms. The van der Waals surface area contributed by atoms with Crippen molar-refractivity contribution in [2.45, 2.75) is 57.2 Å². The van der Waals surface area contributed by atoms with E-state index in [0.29, 0.717) is 16.8 Å². The molecular formula is C27H34F7N4O2+. The second-order valence-electron chi connectivity index (χ2n) is 9.99. The topological polar surface area (TPSA) is 63.1 Å². The Morgan fingerprint density at radius 3 is 1.93 bits per heavy atom. The van der Waals surface area contributed by atoms with E-state index >= 15 is 0 Å². The first-order valence-electron chi connectivity index (χ1n) is 12.8. The van der Waals surface area contributed by atoms with Gasteiger partial charge < -0.3 is 9.22 Å². The summed E-state index contributed by atoms with van der Waals surface area (Å²) in [5.74, 6) is -7.51. The predicted molar refractivity (Wildman–Crippen MR) is 136 cm³/mol. The highest BCUT2D eigenvalue weighted by molar-refractivity contribution is 5.76. The molecule has 0 heterocycles. The number of carbonyl (C=O) groups is 1. The van der Waals surface area contributed by atoms with Gasteiger partial charge in [0.2, 0.25) is 5.91 Å². The highest BCUT2D eigenvalue weighted by Gasteiger charge is 2.73. The zero-order valence-electron chi connectivity index (χ0n) is 22.6. The van der Waals surface area contributed by atoms with Gasteiger partial charge in [0.05, 0.1) is 38.4 Å². The first-order chi connectivity index (χ1) is 18.6. The zero-order chi connectivity index (χ0) is 30.0. The number of ether oxygens (including phenoxy) is 1. The zero-order valence-corrected chi connectivity index (χ0v) is 22.6. The van der Waals surface area contributed by atoms with Crippen molar-refractivity contribution in [1.29, 1.82) is 0 Å². The molecule has 0 unspecified atom stereocenters. The van der Waals surface area contributed by atoms with Crippen LogP contribution in [0.2, 0.25) is 0 Å². The number of nitrogens with one attached hydrogen (secondary N) is 1. The maximum atomic E-state index is 13.3. The molecule has 0 aliphatic rings. The van der Waals surface area contributed by atoms with E-state index in [4.69, 9.17) is 4.74 Å². The Hall–Kier alpha value is -3.22. The molecule has 0 atom stereocenters. The number of unbranched alkanes of at least 4 members (excludes halogenated alkanes) is 2. The molecule has 0 saturated carbocycles. The van der Waals surface area contributed by atoms with Crippen LogP contribution in [0.4, 0.5) is 42.1 Å². The van der Waals surface area contributed by atoms with Gasteiger partial charge in [-0.1, -0.05) is 31.9 Å². The molecule has 1 amide bonds. The third-order valence-electron chi connectivity index (χ3n) is 6.08. The molecule has 13 heteroatoms. The fourth-order valence-electron chi connectivity index (χ4n) is 3.45. The second-order valence-corrected chi connectivity index (χ2v) is 9.99. The summed E-state index contributed by atoms with van der Waals surface area (Å²) < 4.78 is 94.9. The normalized spacial score (nSPS) is 13.1. The number of azo groups is 1. The summed E-state index contributed by atoms with van der Waals surface area (Å²) in [6.07, 6.45) is -2.66. The number of hydrogen-bond acceptors (Lipinski definition) is 4. The molecule has 0 aromatic heterocycles. The SMILES string of the molecule is CCCCCc1ccc(N=Nc2ccc(OCC[N+](C)(C)CCC(=O)NC(F)(F)C(F)(F)C(F)(F)F)cc2)cc1. The van der Waals surface area contributed by atoms with Crippen molar-refractivity contribution in [1.82, 2.24) is 5.32 Å². The quantitative estimate of drug-likeness (QED) is 0.0777. The number of aryl methyl sites for hydroxylation is 1. The Kier molecular flexibility index (Phi) is 11.5. The first-order valence-corrected chi connectivity index (χ1v) is 12.8. The molecule has 1 N–H and O–H groups in total. The molecule has 2 aromatic rings. The van der Waals surface area contributed by atoms with E-state index in [1.165, 1.54) is 18.4 Å². The minimum absolute atomic E-state index is 0.0539. The Bertz CT molecular complexity index is 1100. The lowest BCUT2D eigenvalue weighted by molar-refractivity contribution is -0.889. The van der Waals surface area contributed by atoms with Gasteiger partial charge in [0, 0.05) is 0 Å². The van der Waals surface area contributed by atoms with Gasteiger partial charge in [-0.25, -0.2) is 0 Å². The molecule has 0 aliphatic heterocycles. The summed E-state index contributed by atoms with van der Waals surface area (Å²) in [7, 11) is 3.25. The van der Waals surface area contributed by atoms with Crippen molar-refractivity contribution in [3.63, 3.8) is 0 Å². The third-order valence-corrected chi connectivity index (χ3v) is 6.08. The van der Waals surface area contributed by atoms with Gasteiger partial charge in [-0.15, -0.1) is 0 Å². The van der Waals surface area contributed by atoms with Gasteiger partial charge in [0.1, 0.15) is 18.9 Å². The number of amides is 1. The number of nitrogens with zero attached hydrogens (tertiary/aromatic N) is 3. The summed E-state index contributed by atoms with van der Waals surface area (Å²) in [4.78, 5) is 11.7. The number of carbonyl (C=O) groups excluding carboxylic acids is 1. The van der Waals surface area contributed by atoms with E-state index in [9.17, 15) is 35.5 Å². The average Bonchev–Trinajstić information content (AvgIpc) is 2.87. The highest BCUT2D eigenvalue weighted by Crippen LogP contribution is 2.45. The van der Waals surface area contributed by atoms with Gasteiger partial charge in [-0.05, 0) is 54.8 Å². The van der Waals surface area contributed by atoms with Crippen LogP contribution in [-0.4, -0.2) is 62.3 Å². The monoisotopic (exact) mass is 579 g/mol. The van der Waals surface area contributed by atoms with Crippen LogP contribution in [0.1, 0.15) is 38.2 Å². The van der Waals surface area contributed by atoms with Crippen molar-refractivity contribution < 1.29 is 44.7 Å². The number of quaternary nitrogens is 1. The lowest BCUT2D eigenvalue weighted by Crippen LogP contribution is -2.61. The summed E-state index contributed by atoms with van der Waals surface area (Å²) in [5.41, 5.74) is 2.59. The maximum Gasteiger partial charge on any atom is 0.462 e. The second kappa shape index (κ2) is 13.9.